The van der Waals surface area contributed by atoms with E-state index in [1.807, 2.05) is 0 Å². The first-order valence-corrected chi connectivity index (χ1v) is 4.92. The second-order valence-electron chi connectivity index (χ2n) is 3.58. The molecule has 17 heavy (non-hydrogen) atoms. The van der Waals surface area contributed by atoms with Gasteiger partial charge in [-0.2, -0.15) is 0 Å². The minimum Gasteiger partial charge on any atom is -0.508 e. The number of rotatable bonds is 4. The second kappa shape index (κ2) is 5.31. The number of hydrogen-bond donors (Lipinski definition) is 4. The number of benzene rings is 1. The summed E-state index contributed by atoms with van der Waals surface area (Å²) in [6.07, 6.45) is -1.20. The monoisotopic (exact) mass is 239 g/mol. The number of aliphatic hydroxyl groups excluding tert-OH is 1. The molecule has 4 N–H and O–H groups in total. The molecule has 0 aromatic heterocycles. The van der Waals surface area contributed by atoms with Crippen molar-refractivity contribution < 1.29 is 24.9 Å². The molecule has 0 heterocycles. The zero-order chi connectivity index (χ0) is 13.0. The van der Waals surface area contributed by atoms with E-state index in [1.165, 1.54) is 31.2 Å². The third-order valence-electron chi connectivity index (χ3n) is 2.16. The molecule has 0 saturated heterocycles. The Morgan fingerprint density at radius 1 is 1.24 bits per heavy atom. The summed E-state index contributed by atoms with van der Waals surface area (Å²) in [4.78, 5) is 22.4. The number of amides is 1. The van der Waals surface area contributed by atoms with Crippen LogP contribution in [0.2, 0.25) is 0 Å². The third kappa shape index (κ3) is 3.46. The van der Waals surface area contributed by atoms with Crippen LogP contribution in [0.4, 0.5) is 0 Å². The number of carboxylic acid groups (broad SMARTS) is 1. The number of phenolic OH excluding ortho intramolecular Hbond substituents is 1. The van der Waals surface area contributed by atoms with Crippen molar-refractivity contribution in [1.82, 2.24) is 5.32 Å². The molecule has 0 aliphatic carbocycles. The Kier molecular flexibility index (Phi) is 4.06. The van der Waals surface area contributed by atoms with Crippen molar-refractivity contribution in [1.29, 1.82) is 0 Å². The zero-order valence-electron chi connectivity index (χ0n) is 9.12. The van der Waals surface area contributed by atoms with Crippen LogP contribution in [-0.2, 0) is 4.79 Å². The van der Waals surface area contributed by atoms with Crippen molar-refractivity contribution in [2.24, 2.45) is 0 Å². The smallest absolute Gasteiger partial charge is 0.328 e. The molecule has 0 aliphatic heterocycles. The van der Waals surface area contributed by atoms with E-state index >= 15 is 0 Å². The molecular weight excluding hydrogens is 226 g/mol. The SMILES string of the molecule is C[C@@H](O)[C@H](NC(=O)c1ccc(O)cc1)C(=O)O. The maximum absolute atomic E-state index is 11.6. The molecule has 1 aromatic carbocycles. The normalized spacial score (nSPS) is 13.8. The Hall–Kier alpha value is -2.08. The minimum absolute atomic E-state index is 0.00635. The highest BCUT2D eigenvalue weighted by Gasteiger charge is 2.25. The van der Waals surface area contributed by atoms with Crippen LogP contribution in [0.3, 0.4) is 0 Å². The van der Waals surface area contributed by atoms with E-state index in [1.54, 1.807) is 0 Å². The molecule has 0 spiro atoms. The quantitative estimate of drug-likeness (QED) is 0.589. The van der Waals surface area contributed by atoms with E-state index in [2.05, 4.69) is 5.32 Å². The molecule has 6 nitrogen and oxygen atoms in total. The topological polar surface area (TPSA) is 107 Å². The average molecular weight is 239 g/mol. The van der Waals surface area contributed by atoms with Gasteiger partial charge in [-0.15, -0.1) is 0 Å². The van der Waals surface area contributed by atoms with Crippen LogP contribution in [0, 0.1) is 0 Å². The lowest BCUT2D eigenvalue weighted by Crippen LogP contribution is -2.47. The van der Waals surface area contributed by atoms with Gasteiger partial charge in [-0.25, -0.2) is 4.79 Å². The van der Waals surface area contributed by atoms with Gasteiger partial charge in [0.1, 0.15) is 5.75 Å². The van der Waals surface area contributed by atoms with Gasteiger partial charge in [0.25, 0.3) is 5.91 Å². The summed E-state index contributed by atoms with van der Waals surface area (Å²) in [5.74, 6) is -1.93. The Bertz CT molecular complexity index is 412. The number of carboxylic acids is 1. The molecule has 2 atom stereocenters. The van der Waals surface area contributed by atoms with Crippen molar-refractivity contribution in [2.75, 3.05) is 0 Å². The molecule has 0 saturated carbocycles. The largest absolute Gasteiger partial charge is 0.508 e. The number of hydrogen-bond acceptors (Lipinski definition) is 4. The van der Waals surface area contributed by atoms with E-state index in [-0.39, 0.29) is 11.3 Å². The summed E-state index contributed by atoms with van der Waals surface area (Å²) < 4.78 is 0. The molecule has 0 fully saturated rings. The lowest BCUT2D eigenvalue weighted by atomic mass is 10.1. The van der Waals surface area contributed by atoms with E-state index < -0.39 is 24.0 Å². The maximum atomic E-state index is 11.6. The van der Waals surface area contributed by atoms with Gasteiger partial charge < -0.3 is 20.6 Å². The molecule has 1 aromatic rings. The van der Waals surface area contributed by atoms with Gasteiger partial charge in [-0.05, 0) is 31.2 Å². The predicted molar refractivity (Wildman–Crippen MR) is 58.7 cm³/mol. The van der Waals surface area contributed by atoms with E-state index in [4.69, 9.17) is 10.2 Å². The summed E-state index contributed by atoms with van der Waals surface area (Å²) in [7, 11) is 0. The second-order valence-corrected chi connectivity index (χ2v) is 3.58. The number of aliphatic carboxylic acids is 1. The van der Waals surface area contributed by atoms with Gasteiger partial charge in [-0.3, -0.25) is 4.79 Å². The highest BCUT2D eigenvalue weighted by molar-refractivity contribution is 5.96. The fourth-order valence-electron chi connectivity index (χ4n) is 1.23. The third-order valence-corrected chi connectivity index (χ3v) is 2.16. The number of aliphatic hydroxyl groups is 1. The van der Waals surface area contributed by atoms with Gasteiger partial charge in [0, 0.05) is 5.56 Å². The molecule has 92 valence electrons. The molecule has 1 amide bonds. The Balaban J connectivity index is 2.77. The van der Waals surface area contributed by atoms with Crippen LogP contribution in [0.15, 0.2) is 24.3 Å². The first-order valence-electron chi connectivity index (χ1n) is 4.92. The Morgan fingerprint density at radius 2 is 1.76 bits per heavy atom. The summed E-state index contributed by atoms with van der Waals surface area (Å²) in [5.41, 5.74) is 0.203. The fraction of sp³-hybridized carbons (Fsp3) is 0.273. The van der Waals surface area contributed by atoms with Crippen molar-refractivity contribution >= 4 is 11.9 Å². The minimum atomic E-state index is -1.36. The van der Waals surface area contributed by atoms with E-state index in [0.29, 0.717) is 0 Å². The first kappa shape index (κ1) is 13.0. The molecule has 1 rings (SSSR count). The zero-order valence-corrected chi connectivity index (χ0v) is 9.12. The van der Waals surface area contributed by atoms with Gasteiger partial charge >= 0.3 is 5.97 Å². The average Bonchev–Trinajstić information content (AvgIpc) is 2.25. The molecule has 0 aliphatic rings. The molecule has 6 heteroatoms. The van der Waals surface area contributed by atoms with Gasteiger partial charge in [0.05, 0.1) is 6.10 Å². The molecule has 0 unspecified atom stereocenters. The Labute approximate surface area is 97.5 Å². The van der Waals surface area contributed by atoms with Gasteiger partial charge in [-0.1, -0.05) is 0 Å². The van der Waals surface area contributed by atoms with Crippen molar-refractivity contribution in [3.63, 3.8) is 0 Å². The van der Waals surface area contributed by atoms with E-state index in [9.17, 15) is 14.7 Å². The van der Waals surface area contributed by atoms with Crippen LogP contribution < -0.4 is 5.32 Å². The molecular formula is C11H13NO5. The number of nitrogens with one attached hydrogen (secondary N) is 1. The Morgan fingerprint density at radius 3 is 2.18 bits per heavy atom. The number of carbonyl (C=O) groups excluding carboxylic acids is 1. The van der Waals surface area contributed by atoms with E-state index in [0.717, 1.165) is 0 Å². The van der Waals surface area contributed by atoms with Crippen LogP contribution >= 0.6 is 0 Å². The lowest BCUT2D eigenvalue weighted by molar-refractivity contribution is -0.141. The summed E-state index contributed by atoms with van der Waals surface area (Å²) >= 11 is 0. The summed E-state index contributed by atoms with van der Waals surface area (Å²) in [6.45, 7) is 1.27. The van der Waals surface area contributed by atoms with Gasteiger partial charge in [0.2, 0.25) is 0 Å². The number of carbonyl (C=O) groups is 2. The molecule has 0 bridgehead atoms. The summed E-state index contributed by atoms with van der Waals surface area (Å²) in [5, 5.41) is 29.2. The lowest BCUT2D eigenvalue weighted by Gasteiger charge is -2.16. The highest BCUT2D eigenvalue weighted by atomic mass is 16.4. The van der Waals surface area contributed by atoms with Crippen LogP contribution in [0.5, 0.6) is 5.75 Å². The fourth-order valence-corrected chi connectivity index (χ4v) is 1.23. The molecule has 0 radical (unpaired) electrons. The van der Waals surface area contributed by atoms with Crippen molar-refractivity contribution in [2.45, 2.75) is 19.1 Å². The highest BCUT2D eigenvalue weighted by Crippen LogP contribution is 2.09. The maximum Gasteiger partial charge on any atom is 0.328 e. The standard InChI is InChI=1S/C11H13NO5/c1-6(13)9(11(16)17)12-10(15)7-2-4-8(14)5-3-7/h2-6,9,13-14H,1H3,(H,12,15)(H,16,17)/t6-,9+/m1/s1. The predicted octanol–water partition coefficient (Wildman–Crippen LogP) is -0.0440. The van der Waals surface area contributed by atoms with Crippen LogP contribution in [0.1, 0.15) is 17.3 Å². The first-order chi connectivity index (χ1) is 7.91. The van der Waals surface area contributed by atoms with Crippen molar-refractivity contribution in [3.05, 3.63) is 29.8 Å². The number of phenols is 1. The van der Waals surface area contributed by atoms with Crippen LogP contribution in [0.25, 0.3) is 0 Å². The van der Waals surface area contributed by atoms with Gasteiger partial charge in [0.15, 0.2) is 6.04 Å². The van der Waals surface area contributed by atoms with Crippen molar-refractivity contribution in [3.8, 4) is 5.75 Å². The number of aromatic hydroxyl groups is 1. The summed E-state index contributed by atoms with van der Waals surface area (Å²) in [6, 6.07) is 3.97. The van der Waals surface area contributed by atoms with Crippen LogP contribution in [-0.4, -0.2) is 39.3 Å².